The van der Waals surface area contributed by atoms with Gasteiger partial charge in [0.15, 0.2) is 0 Å². The maximum Gasteiger partial charge on any atom is 0.251 e. The van der Waals surface area contributed by atoms with Crippen molar-refractivity contribution >= 4 is 11.8 Å². The molecule has 0 bridgehead atoms. The fourth-order valence-corrected chi connectivity index (χ4v) is 14.6. The molecule has 2 aromatic rings. The molecule has 8 nitrogen and oxygen atoms in total. The summed E-state index contributed by atoms with van der Waals surface area (Å²) >= 11 is 0. The number of hydrogen-bond acceptors (Lipinski definition) is 6. The number of amides is 2. The Kier molecular flexibility index (Phi) is 12.4. The maximum absolute atomic E-state index is 13.2. The van der Waals surface area contributed by atoms with Crippen LogP contribution in [0.5, 0.6) is 0 Å². The van der Waals surface area contributed by atoms with E-state index in [1.54, 1.807) is 12.1 Å². The molecule has 0 saturated heterocycles. The lowest BCUT2D eigenvalue weighted by atomic mass is 9.32. The normalized spacial score (nSPS) is 36.4. The molecule has 324 valence electrons. The van der Waals surface area contributed by atoms with E-state index in [4.69, 9.17) is 0 Å². The van der Waals surface area contributed by atoms with Crippen LogP contribution in [-0.4, -0.2) is 73.0 Å². The molecule has 11 atom stereocenters. The lowest BCUT2D eigenvalue weighted by molar-refractivity contribution is -0.254. The fourth-order valence-electron chi connectivity index (χ4n) is 14.6. The lowest BCUT2D eigenvalue weighted by Crippen LogP contribution is -2.67. The van der Waals surface area contributed by atoms with Crippen molar-refractivity contribution < 1.29 is 19.8 Å². The number of carbonyl (C=O) groups is 2. The molecule has 5 N–H and O–H groups in total. The number of carbonyl (C=O) groups excluding carboxylic acids is 2. The number of allylic oxidation sites excluding steroid dienone is 1. The van der Waals surface area contributed by atoms with Crippen molar-refractivity contribution in [2.75, 3.05) is 33.7 Å². The summed E-state index contributed by atoms with van der Waals surface area (Å²) in [5.41, 5.74) is 4.95. The molecule has 0 radical (unpaired) electrons. The van der Waals surface area contributed by atoms with Crippen molar-refractivity contribution in [2.45, 2.75) is 131 Å². The number of likely N-dealkylation sites (N-methyl/N-ethyl adjacent to an activating group) is 1. The first kappa shape index (κ1) is 44.0. The number of rotatable bonds is 13. The minimum atomic E-state index is -0.595. The van der Waals surface area contributed by atoms with Crippen LogP contribution in [-0.2, 0) is 13.0 Å². The average Bonchev–Trinajstić information content (AvgIpc) is 3.60. The Morgan fingerprint density at radius 1 is 0.797 bits per heavy atom. The third kappa shape index (κ3) is 7.76. The Hall–Kier alpha value is -3.04. The van der Waals surface area contributed by atoms with Crippen LogP contribution in [0.3, 0.4) is 0 Å². The van der Waals surface area contributed by atoms with Gasteiger partial charge in [-0.15, -0.1) is 0 Å². The van der Waals surface area contributed by atoms with E-state index in [9.17, 15) is 19.8 Å². The van der Waals surface area contributed by atoms with Gasteiger partial charge in [0, 0.05) is 42.7 Å². The summed E-state index contributed by atoms with van der Waals surface area (Å²) < 4.78 is 0. The molecule has 0 heterocycles. The molecule has 5 fully saturated rings. The molecular formula is C51H76N4O4. The highest BCUT2D eigenvalue weighted by atomic mass is 16.3. The van der Waals surface area contributed by atoms with E-state index < -0.39 is 6.23 Å². The van der Waals surface area contributed by atoms with Crippen LogP contribution in [0.4, 0.5) is 0 Å². The zero-order valence-electron chi connectivity index (χ0n) is 37.6. The van der Waals surface area contributed by atoms with Crippen LogP contribution in [0, 0.1) is 56.7 Å². The zero-order chi connectivity index (χ0) is 42.5. The summed E-state index contributed by atoms with van der Waals surface area (Å²) in [7, 11) is 3.95. The predicted molar refractivity (Wildman–Crippen MR) is 238 cm³/mol. The van der Waals surface area contributed by atoms with Gasteiger partial charge in [0.1, 0.15) is 6.23 Å². The predicted octanol–water partition coefficient (Wildman–Crippen LogP) is 8.38. The van der Waals surface area contributed by atoms with Gasteiger partial charge in [-0.1, -0.05) is 71.0 Å². The highest BCUT2D eigenvalue weighted by molar-refractivity contribution is 5.95. The highest BCUT2D eigenvalue weighted by Gasteiger charge is 2.71. The zero-order valence-corrected chi connectivity index (χ0v) is 37.6. The Morgan fingerprint density at radius 3 is 2.24 bits per heavy atom. The van der Waals surface area contributed by atoms with Gasteiger partial charge in [-0.2, -0.15) is 0 Å². The minimum absolute atomic E-state index is 0.0463. The van der Waals surface area contributed by atoms with Gasteiger partial charge in [0.2, 0.25) is 0 Å². The third-order valence-electron chi connectivity index (χ3n) is 18.1. The van der Waals surface area contributed by atoms with Crippen LogP contribution in [0.25, 0.3) is 0 Å². The standard InChI is InChI=1S/C51H76N4O4/c1-33(2)38-19-25-51(27-26-49(6)39(43(38)51)17-18-41-48(5)23-21-42(56)47(3,4)40(48)20-24-50(41,49)7)46(59)53-28-22-34-11-10-12-37(31-34)45(58)54-32-35-13-15-36(16-14-35)44(57)52-29-30-55(8)9/h10-16,31,38-43,46,53,56,59H,1,17-30,32H2,2-9H3,(H,52,57)(H,54,58)/t38?,39?,40?,41?,42-,43?,46?,48-,49+,50+,51-/m0/s1. The molecule has 0 spiro atoms. The minimum Gasteiger partial charge on any atom is -0.393 e. The average molecular weight is 809 g/mol. The first-order chi connectivity index (χ1) is 27.9. The Balaban J connectivity index is 0.984. The van der Waals surface area contributed by atoms with E-state index >= 15 is 0 Å². The van der Waals surface area contributed by atoms with Crippen LogP contribution in [0.15, 0.2) is 60.7 Å². The summed E-state index contributed by atoms with van der Waals surface area (Å²) in [4.78, 5) is 27.7. The molecule has 2 aromatic carbocycles. The summed E-state index contributed by atoms with van der Waals surface area (Å²) in [6.07, 6.45) is 11.2. The molecule has 8 heteroatoms. The molecule has 7 rings (SSSR count). The van der Waals surface area contributed by atoms with E-state index in [2.05, 4.69) is 70.1 Å². The molecule has 2 amide bonds. The van der Waals surface area contributed by atoms with Gasteiger partial charge >= 0.3 is 0 Å². The lowest BCUT2D eigenvalue weighted by Gasteiger charge is -2.73. The quantitative estimate of drug-likeness (QED) is 0.103. The van der Waals surface area contributed by atoms with E-state index in [1.165, 1.54) is 31.3 Å². The number of benzene rings is 2. The van der Waals surface area contributed by atoms with Gasteiger partial charge in [0.25, 0.3) is 11.8 Å². The number of aliphatic hydroxyl groups excluding tert-OH is 2. The van der Waals surface area contributed by atoms with Gasteiger partial charge in [0.05, 0.1) is 6.10 Å². The Morgan fingerprint density at radius 2 is 1.53 bits per heavy atom. The van der Waals surface area contributed by atoms with E-state index in [0.29, 0.717) is 66.8 Å². The highest BCUT2D eigenvalue weighted by Crippen LogP contribution is 2.77. The third-order valence-corrected chi connectivity index (χ3v) is 18.1. The number of nitrogens with zero attached hydrogens (tertiary/aromatic N) is 1. The molecule has 5 aliphatic rings. The second kappa shape index (κ2) is 16.7. The number of nitrogens with one attached hydrogen (secondary N) is 3. The van der Waals surface area contributed by atoms with E-state index in [-0.39, 0.29) is 45.0 Å². The van der Waals surface area contributed by atoms with Crippen molar-refractivity contribution in [3.8, 4) is 0 Å². The molecule has 0 aromatic heterocycles. The van der Waals surface area contributed by atoms with Crippen LogP contribution in [0.1, 0.15) is 138 Å². The second-order valence-electron chi connectivity index (χ2n) is 21.5. The van der Waals surface area contributed by atoms with Crippen molar-refractivity contribution in [1.29, 1.82) is 0 Å². The van der Waals surface area contributed by atoms with Gasteiger partial charge in [-0.3, -0.25) is 14.9 Å². The van der Waals surface area contributed by atoms with Crippen molar-refractivity contribution in [3.63, 3.8) is 0 Å². The second-order valence-corrected chi connectivity index (χ2v) is 21.5. The number of aliphatic hydroxyl groups is 2. The summed E-state index contributed by atoms with van der Waals surface area (Å²) in [5, 5.41) is 33.1. The van der Waals surface area contributed by atoms with Gasteiger partial charge in [-0.05, 0) is 178 Å². The first-order valence-corrected chi connectivity index (χ1v) is 23.0. The first-order valence-electron chi connectivity index (χ1n) is 23.0. The van der Waals surface area contributed by atoms with Gasteiger partial charge < -0.3 is 25.7 Å². The van der Waals surface area contributed by atoms with Crippen LogP contribution >= 0.6 is 0 Å². The van der Waals surface area contributed by atoms with Crippen molar-refractivity contribution in [2.24, 2.45) is 56.7 Å². The number of hydrogen-bond donors (Lipinski definition) is 5. The summed E-state index contributed by atoms with van der Waals surface area (Å²) in [6, 6.07) is 15.2. The summed E-state index contributed by atoms with van der Waals surface area (Å²) in [5.74, 6) is 2.36. The molecule has 6 unspecified atom stereocenters. The van der Waals surface area contributed by atoms with Crippen molar-refractivity contribution in [3.05, 3.63) is 82.9 Å². The smallest absolute Gasteiger partial charge is 0.251 e. The number of fused-ring (bicyclic) bond motifs is 7. The van der Waals surface area contributed by atoms with Crippen LogP contribution in [0.2, 0.25) is 0 Å². The largest absolute Gasteiger partial charge is 0.393 e. The van der Waals surface area contributed by atoms with E-state index in [1.807, 2.05) is 49.3 Å². The Labute approximate surface area is 355 Å². The summed E-state index contributed by atoms with van der Waals surface area (Å²) in [6.45, 7) is 21.8. The topological polar surface area (TPSA) is 114 Å². The van der Waals surface area contributed by atoms with Gasteiger partial charge in [-0.25, -0.2) is 0 Å². The SMILES string of the molecule is C=C(C)C1CC[C@]2(C(O)NCCc3cccc(C(=O)NCc4ccc(C(=O)NCCN(C)C)cc4)c3)CC[C@]3(C)C(CCC4[C@@]5(C)CC[C@H](O)C(C)(C)C5CC[C@]43C)C12. The van der Waals surface area contributed by atoms with Crippen LogP contribution < -0.4 is 16.0 Å². The fraction of sp³-hybridized carbons (Fsp3) is 0.686. The molecular weight excluding hydrogens is 733 g/mol. The Bertz CT molecular complexity index is 1860. The molecule has 59 heavy (non-hydrogen) atoms. The molecule has 5 saturated carbocycles. The van der Waals surface area contributed by atoms with Crippen molar-refractivity contribution in [1.82, 2.24) is 20.9 Å². The molecule has 5 aliphatic carbocycles. The maximum atomic E-state index is 13.2. The molecule has 0 aliphatic heterocycles. The van der Waals surface area contributed by atoms with E-state index in [0.717, 1.165) is 56.2 Å². The monoisotopic (exact) mass is 809 g/mol.